The number of pyridine rings is 1. The Bertz CT molecular complexity index is 516. The molecule has 1 aromatic heterocycles. The van der Waals surface area contributed by atoms with Crippen molar-refractivity contribution in [2.45, 2.75) is 25.7 Å². The number of hydrogen-bond acceptors (Lipinski definition) is 3. The molecule has 0 N–H and O–H groups in total. The van der Waals surface area contributed by atoms with E-state index in [0.717, 1.165) is 36.3 Å². The molecule has 1 aliphatic carbocycles. The fourth-order valence-corrected chi connectivity index (χ4v) is 2.55. The van der Waals surface area contributed by atoms with Gasteiger partial charge in [0.15, 0.2) is 6.61 Å². The zero-order valence-electron chi connectivity index (χ0n) is 12.4. The van der Waals surface area contributed by atoms with Crippen LogP contribution in [-0.2, 0) is 17.6 Å². The maximum atomic E-state index is 12.2. The van der Waals surface area contributed by atoms with Crippen LogP contribution in [0, 0.1) is 0 Å². The van der Waals surface area contributed by atoms with E-state index in [-0.39, 0.29) is 12.5 Å². The molecule has 4 nitrogen and oxygen atoms in total. The first-order chi connectivity index (χ1) is 10.3. The average Bonchev–Trinajstić information content (AvgIpc) is 2.52. The van der Waals surface area contributed by atoms with Gasteiger partial charge >= 0.3 is 0 Å². The normalized spacial score (nSPS) is 13.1. The van der Waals surface area contributed by atoms with Gasteiger partial charge in [-0.05, 0) is 31.7 Å². The second kappa shape index (κ2) is 7.62. The molecule has 0 aromatic carbocycles. The van der Waals surface area contributed by atoms with Gasteiger partial charge in [0.1, 0.15) is 5.75 Å². The van der Waals surface area contributed by atoms with Crippen LogP contribution < -0.4 is 4.74 Å². The van der Waals surface area contributed by atoms with Gasteiger partial charge in [0.2, 0.25) is 0 Å². The first-order valence-electron chi connectivity index (χ1n) is 7.35. The van der Waals surface area contributed by atoms with Gasteiger partial charge in [-0.1, -0.05) is 12.2 Å². The van der Waals surface area contributed by atoms with Crippen molar-refractivity contribution in [2.24, 2.45) is 0 Å². The van der Waals surface area contributed by atoms with Crippen molar-refractivity contribution in [3.05, 3.63) is 48.8 Å². The number of aromatic nitrogens is 1. The Balaban J connectivity index is 2.00. The number of aryl methyl sites for hydroxylation is 1. The average molecular weight is 286 g/mol. The smallest absolute Gasteiger partial charge is 0.261 e. The lowest BCUT2D eigenvalue weighted by Gasteiger charge is -2.21. The highest BCUT2D eigenvalue weighted by molar-refractivity contribution is 5.78. The van der Waals surface area contributed by atoms with E-state index in [1.807, 2.05) is 6.07 Å². The SMILES string of the molecule is C=CCN(CC=C)C(=O)COc1ccnc2c1CCCC2. The third-order valence-corrected chi connectivity index (χ3v) is 3.60. The molecule has 112 valence electrons. The maximum absolute atomic E-state index is 12.2. The van der Waals surface area contributed by atoms with Gasteiger partial charge in [-0.2, -0.15) is 0 Å². The van der Waals surface area contributed by atoms with Crippen LogP contribution in [0.15, 0.2) is 37.6 Å². The third kappa shape index (κ3) is 3.94. The van der Waals surface area contributed by atoms with E-state index in [2.05, 4.69) is 18.1 Å². The topological polar surface area (TPSA) is 42.4 Å². The van der Waals surface area contributed by atoms with E-state index in [1.165, 1.54) is 6.42 Å². The Morgan fingerprint density at radius 1 is 1.29 bits per heavy atom. The summed E-state index contributed by atoms with van der Waals surface area (Å²) in [6, 6.07) is 1.85. The molecule has 0 saturated carbocycles. The van der Waals surface area contributed by atoms with E-state index >= 15 is 0 Å². The molecule has 0 aliphatic heterocycles. The Morgan fingerprint density at radius 3 is 2.71 bits per heavy atom. The summed E-state index contributed by atoms with van der Waals surface area (Å²) in [7, 11) is 0. The summed E-state index contributed by atoms with van der Waals surface area (Å²) in [5.74, 6) is 0.737. The lowest BCUT2D eigenvalue weighted by molar-refractivity contribution is -0.132. The minimum Gasteiger partial charge on any atom is -0.483 e. The summed E-state index contributed by atoms with van der Waals surface area (Å²) in [6.07, 6.45) is 9.48. The predicted molar refractivity (Wildman–Crippen MR) is 83.3 cm³/mol. The summed E-state index contributed by atoms with van der Waals surface area (Å²) >= 11 is 0. The molecule has 1 aromatic rings. The molecule has 4 heteroatoms. The molecule has 2 rings (SSSR count). The van der Waals surface area contributed by atoms with Crippen LogP contribution in [0.1, 0.15) is 24.1 Å². The van der Waals surface area contributed by atoms with Crippen LogP contribution in [0.2, 0.25) is 0 Å². The number of carbonyl (C=O) groups excluding carboxylic acids is 1. The molecule has 0 unspecified atom stereocenters. The highest BCUT2D eigenvalue weighted by Crippen LogP contribution is 2.27. The molecule has 0 saturated heterocycles. The monoisotopic (exact) mass is 286 g/mol. The predicted octanol–water partition coefficient (Wildman–Crippen LogP) is 2.54. The number of carbonyl (C=O) groups is 1. The van der Waals surface area contributed by atoms with Crippen LogP contribution >= 0.6 is 0 Å². The minimum absolute atomic E-state index is 0.0398. The van der Waals surface area contributed by atoms with Crippen molar-refractivity contribution in [3.8, 4) is 5.75 Å². The highest BCUT2D eigenvalue weighted by Gasteiger charge is 2.17. The van der Waals surface area contributed by atoms with Gasteiger partial charge in [0.25, 0.3) is 5.91 Å². The van der Waals surface area contributed by atoms with E-state index < -0.39 is 0 Å². The third-order valence-electron chi connectivity index (χ3n) is 3.60. The number of rotatable bonds is 7. The van der Waals surface area contributed by atoms with E-state index in [1.54, 1.807) is 23.2 Å². The summed E-state index contributed by atoms with van der Waals surface area (Å²) in [5.41, 5.74) is 2.27. The minimum atomic E-state index is -0.0591. The van der Waals surface area contributed by atoms with Crippen LogP contribution in [0.3, 0.4) is 0 Å². The molecule has 0 bridgehead atoms. The van der Waals surface area contributed by atoms with Crippen molar-refractivity contribution in [1.82, 2.24) is 9.88 Å². The van der Waals surface area contributed by atoms with E-state index in [0.29, 0.717) is 13.1 Å². The second-order valence-corrected chi connectivity index (χ2v) is 5.11. The van der Waals surface area contributed by atoms with Gasteiger partial charge in [-0.15, -0.1) is 13.2 Å². The van der Waals surface area contributed by atoms with E-state index in [9.17, 15) is 4.79 Å². The molecular weight excluding hydrogens is 264 g/mol. The highest BCUT2D eigenvalue weighted by atomic mass is 16.5. The van der Waals surface area contributed by atoms with Crippen molar-refractivity contribution < 1.29 is 9.53 Å². The molecule has 0 radical (unpaired) electrons. The number of fused-ring (bicyclic) bond motifs is 1. The van der Waals surface area contributed by atoms with Gasteiger partial charge in [-0.3, -0.25) is 9.78 Å². The zero-order chi connectivity index (χ0) is 15.1. The molecular formula is C17H22N2O2. The Kier molecular flexibility index (Phi) is 5.55. The number of hydrogen-bond donors (Lipinski definition) is 0. The first kappa shape index (κ1) is 15.3. The van der Waals surface area contributed by atoms with Crippen molar-refractivity contribution in [3.63, 3.8) is 0 Å². The van der Waals surface area contributed by atoms with Gasteiger partial charge < -0.3 is 9.64 Å². The van der Waals surface area contributed by atoms with Crippen LogP contribution in [0.4, 0.5) is 0 Å². The lowest BCUT2D eigenvalue weighted by Crippen LogP contribution is -2.35. The molecule has 0 atom stereocenters. The molecule has 0 fully saturated rings. The van der Waals surface area contributed by atoms with Crippen LogP contribution in [0.5, 0.6) is 5.75 Å². The van der Waals surface area contributed by atoms with Gasteiger partial charge in [0.05, 0.1) is 0 Å². The second-order valence-electron chi connectivity index (χ2n) is 5.11. The fraction of sp³-hybridized carbons (Fsp3) is 0.412. The van der Waals surface area contributed by atoms with Gasteiger partial charge in [0, 0.05) is 30.5 Å². The summed E-state index contributed by atoms with van der Waals surface area (Å²) in [6.45, 7) is 8.37. The zero-order valence-corrected chi connectivity index (χ0v) is 12.4. The fourth-order valence-electron chi connectivity index (χ4n) is 2.55. The largest absolute Gasteiger partial charge is 0.483 e. The van der Waals surface area contributed by atoms with Crippen LogP contribution in [0.25, 0.3) is 0 Å². The maximum Gasteiger partial charge on any atom is 0.261 e. The molecule has 21 heavy (non-hydrogen) atoms. The van der Waals surface area contributed by atoms with Crippen molar-refractivity contribution >= 4 is 5.91 Å². The number of amides is 1. The van der Waals surface area contributed by atoms with Crippen molar-refractivity contribution in [2.75, 3.05) is 19.7 Å². The van der Waals surface area contributed by atoms with Crippen LogP contribution in [-0.4, -0.2) is 35.5 Å². The number of ether oxygens (including phenoxy) is 1. The quantitative estimate of drug-likeness (QED) is 0.723. The molecule has 0 spiro atoms. The van der Waals surface area contributed by atoms with Crippen molar-refractivity contribution in [1.29, 1.82) is 0 Å². The molecule has 1 aliphatic rings. The molecule has 1 heterocycles. The first-order valence-corrected chi connectivity index (χ1v) is 7.35. The van der Waals surface area contributed by atoms with E-state index in [4.69, 9.17) is 4.74 Å². The summed E-state index contributed by atoms with van der Waals surface area (Å²) in [5, 5.41) is 0. The lowest BCUT2D eigenvalue weighted by atomic mass is 9.95. The Hall–Kier alpha value is -2.10. The number of nitrogens with zero attached hydrogens (tertiary/aromatic N) is 2. The Labute approximate surface area is 126 Å². The standard InChI is InChI=1S/C17H22N2O2/c1-3-11-19(12-4-2)17(20)13-21-16-9-10-18-15-8-6-5-7-14(15)16/h3-4,9-10H,1-2,5-8,11-13H2. The van der Waals surface area contributed by atoms with Gasteiger partial charge in [-0.25, -0.2) is 0 Å². The summed E-state index contributed by atoms with van der Waals surface area (Å²) in [4.78, 5) is 18.2. The molecule has 1 amide bonds. The Morgan fingerprint density at radius 2 is 2.00 bits per heavy atom. The summed E-state index contributed by atoms with van der Waals surface area (Å²) < 4.78 is 5.74.